The lowest BCUT2D eigenvalue weighted by Crippen LogP contribution is -2.31. The molecule has 0 aliphatic carbocycles. The first-order valence-electron chi connectivity index (χ1n) is 6.22. The quantitative estimate of drug-likeness (QED) is 0.740. The van der Waals surface area contributed by atoms with Crippen LogP contribution in [-0.2, 0) is 4.79 Å². The monoisotopic (exact) mass is 267 g/mol. The highest BCUT2D eigenvalue weighted by Crippen LogP contribution is 2.23. The Labute approximate surface area is 115 Å². The van der Waals surface area contributed by atoms with Crippen LogP contribution in [0.1, 0.15) is 6.92 Å². The number of carbonyl (C=O) groups is 1. The van der Waals surface area contributed by atoms with Gasteiger partial charge in [0.2, 0.25) is 0 Å². The normalized spacial score (nSPS) is 10.4. The van der Waals surface area contributed by atoms with Crippen LogP contribution in [0, 0.1) is 0 Å². The maximum atomic E-state index is 11.1. The Hall–Kier alpha value is -2.82. The SMILES string of the molecule is CC(=O)NOn1c(-c2ccccc2)nc2ccccc21. The fourth-order valence-corrected chi connectivity index (χ4v) is 1.98. The van der Waals surface area contributed by atoms with E-state index in [1.54, 1.807) is 0 Å². The number of fused-ring (bicyclic) bond motifs is 1. The summed E-state index contributed by atoms with van der Waals surface area (Å²) in [6, 6.07) is 17.3. The summed E-state index contributed by atoms with van der Waals surface area (Å²) >= 11 is 0. The number of nitrogens with zero attached hydrogens (tertiary/aromatic N) is 2. The standard InChI is InChI=1S/C15H13N3O2/c1-11(19)17-20-18-14-10-6-5-9-13(14)16-15(18)12-7-3-2-4-8-12/h2-10H,1H3,(H,17,19). The topological polar surface area (TPSA) is 56.1 Å². The van der Waals surface area contributed by atoms with Crippen LogP contribution in [0.2, 0.25) is 0 Å². The van der Waals surface area contributed by atoms with E-state index in [2.05, 4.69) is 10.5 Å². The second kappa shape index (κ2) is 5.05. The van der Waals surface area contributed by atoms with Crippen molar-refractivity contribution in [3.05, 3.63) is 54.6 Å². The first-order valence-corrected chi connectivity index (χ1v) is 6.22. The minimum Gasteiger partial charge on any atom is -0.284 e. The van der Waals surface area contributed by atoms with E-state index >= 15 is 0 Å². The second-order valence-electron chi connectivity index (χ2n) is 4.33. The van der Waals surface area contributed by atoms with E-state index in [0.29, 0.717) is 5.82 Å². The number of hydrogen-bond donors (Lipinski definition) is 1. The number of nitrogens with one attached hydrogen (secondary N) is 1. The molecule has 5 nitrogen and oxygen atoms in total. The summed E-state index contributed by atoms with van der Waals surface area (Å²) in [4.78, 5) is 21.0. The molecule has 5 heteroatoms. The van der Waals surface area contributed by atoms with Crippen molar-refractivity contribution in [2.24, 2.45) is 0 Å². The average Bonchev–Trinajstić information content (AvgIpc) is 2.84. The molecule has 0 unspecified atom stereocenters. The minimum atomic E-state index is -0.276. The van der Waals surface area contributed by atoms with Gasteiger partial charge in [-0.1, -0.05) is 42.5 Å². The Morgan fingerprint density at radius 2 is 1.80 bits per heavy atom. The predicted octanol–water partition coefficient (Wildman–Crippen LogP) is 2.18. The Morgan fingerprint density at radius 3 is 2.55 bits per heavy atom. The van der Waals surface area contributed by atoms with E-state index in [1.165, 1.54) is 11.7 Å². The number of hydrogen-bond acceptors (Lipinski definition) is 3. The zero-order valence-corrected chi connectivity index (χ0v) is 10.9. The van der Waals surface area contributed by atoms with E-state index in [0.717, 1.165) is 16.6 Å². The molecule has 0 fully saturated rings. The summed E-state index contributed by atoms with van der Waals surface area (Å²) in [6.07, 6.45) is 0. The first-order chi connectivity index (χ1) is 9.75. The number of amides is 1. The molecule has 3 aromatic rings. The molecule has 0 aliphatic rings. The molecule has 100 valence electrons. The predicted molar refractivity (Wildman–Crippen MR) is 75.6 cm³/mol. The molecule has 2 aromatic carbocycles. The van der Waals surface area contributed by atoms with E-state index in [9.17, 15) is 4.79 Å². The van der Waals surface area contributed by atoms with Gasteiger partial charge in [0.25, 0.3) is 5.91 Å². The Balaban J connectivity index is 2.15. The summed E-state index contributed by atoms with van der Waals surface area (Å²) in [5.74, 6) is 0.363. The molecule has 20 heavy (non-hydrogen) atoms. The molecule has 0 atom stereocenters. The zero-order chi connectivity index (χ0) is 13.9. The lowest BCUT2D eigenvalue weighted by Gasteiger charge is -2.09. The molecule has 1 amide bonds. The zero-order valence-electron chi connectivity index (χ0n) is 10.9. The number of benzene rings is 2. The first kappa shape index (κ1) is 12.2. The highest BCUT2D eigenvalue weighted by molar-refractivity contribution is 5.80. The summed E-state index contributed by atoms with van der Waals surface area (Å²) in [7, 11) is 0. The van der Waals surface area contributed by atoms with Gasteiger partial charge in [-0.05, 0) is 12.1 Å². The number of carbonyl (C=O) groups excluding carboxylic acids is 1. The Morgan fingerprint density at radius 1 is 1.10 bits per heavy atom. The van der Waals surface area contributed by atoms with Gasteiger partial charge in [-0.3, -0.25) is 9.73 Å². The molecule has 3 rings (SSSR count). The molecule has 0 saturated heterocycles. The number of rotatable bonds is 3. The average molecular weight is 267 g/mol. The van der Waals surface area contributed by atoms with Crippen molar-refractivity contribution in [1.29, 1.82) is 0 Å². The Bertz CT molecular complexity index is 750. The van der Waals surface area contributed by atoms with Crippen LogP contribution in [0.5, 0.6) is 0 Å². The third kappa shape index (κ3) is 2.21. The second-order valence-corrected chi connectivity index (χ2v) is 4.33. The molecule has 0 saturated carbocycles. The molecule has 0 radical (unpaired) electrons. The highest BCUT2D eigenvalue weighted by Gasteiger charge is 2.13. The van der Waals surface area contributed by atoms with Gasteiger partial charge in [0, 0.05) is 12.5 Å². The van der Waals surface area contributed by atoms with Gasteiger partial charge < -0.3 is 0 Å². The molecule has 1 N–H and O–H groups in total. The maximum Gasteiger partial charge on any atom is 0.251 e. The van der Waals surface area contributed by atoms with Crippen LogP contribution < -0.4 is 10.4 Å². The molecule has 0 aliphatic heterocycles. The van der Waals surface area contributed by atoms with E-state index in [1.807, 2.05) is 54.6 Å². The fourth-order valence-electron chi connectivity index (χ4n) is 1.98. The van der Waals surface area contributed by atoms with E-state index in [4.69, 9.17) is 4.94 Å². The Kier molecular flexibility index (Phi) is 3.09. The van der Waals surface area contributed by atoms with Gasteiger partial charge in [-0.25, -0.2) is 4.98 Å². The number of hydroxylamine groups is 1. The summed E-state index contributed by atoms with van der Waals surface area (Å²) in [5.41, 5.74) is 4.84. The van der Waals surface area contributed by atoms with Crippen molar-refractivity contribution in [3.8, 4) is 11.4 Å². The number of aromatic nitrogens is 2. The molecule has 0 bridgehead atoms. The van der Waals surface area contributed by atoms with Crippen molar-refractivity contribution < 1.29 is 9.73 Å². The van der Waals surface area contributed by atoms with E-state index < -0.39 is 0 Å². The molecule has 0 spiro atoms. The number of para-hydroxylation sites is 2. The van der Waals surface area contributed by atoms with Gasteiger partial charge in [0.05, 0.1) is 5.52 Å². The minimum absolute atomic E-state index is 0.276. The molecular formula is C15H13N3O2. The highest BCUT2D eigenvalue weighted by atomic mass is 16.8. The fraction of sp³-hybridized carbons (Fsp3) is 0.0667. The number of imidazole rings is 1. The van der Waals surface area contributed by atoms with Gasteiger partial charge in [0.15, 0.2) is 5.82 Å². The summed E-state index contributed by atoms with van der Waals surface area (Å²) < 4.78 is 1.52. The third-order valence-corrected chi connectivity index (χ3v) is 2.83. The maximum absolute atomic E-state index is 11.1. The lowest BCUT2D eigenvalue weighted by molar-refractivity contribution is -0.131. The van der Waals surface area contributed by atoms with Crippen LogP contribution >= 0.6 is 0 Å². The molecular weight excluding hydrogens is 254 g/mol. The molecule has 1 heterocycles. The van der Waals surface area contributed by atoms with Crippen LogP contribution in [-0.4, -0.2) is 15.6 Å². The van der Waals surface area contributed by atoms with Crippen LogP contribution in [0.4, 0.5) is 0 Å². The summed E-state index contributed by atoms with van der Waals surface area (Å²) in [6.45, 7) is 1.39. The third-order valence-electron chi connectivity index (χ3n) is 2.83. The largest absolute Gasteiger partial charge is 0.284 e. The van der Waals surface area contributed by atoms with E-state index in [-0.39, 0.29) is 5.91 Å². The van der Waals surface area contributed by atoms with Crippen molar-refractivity contribution in [2.75, 3.05) is 0 Å². The van der Waals surface area contributed by atoms with Crippen molar-refractivity contribution in [3.63, 3.8) is 0 Å². The summed E-state index contributed by atoms with van der Waals surface area (Å²) in [5, 5.41) is 0. The van der Waals surface area contributed by atoms with Crippen molar-refractivity contribution in [1.82, 2.24) is 15.2 Å². The van der Waals surface area contributed by atoms with Gasteiger partial charge in [-0.15, -0.1) is 4.73 Å². The van der Waals surface area contributed by atoms with Gasteiger partial charge >= 0.3 is 0 Å². The lowest BCUT2D eigenvalue weighted by atomic mass is 10.2. The smallest absolute Gasteiger partial charge is 0.251 e. The van der Waals surface area contributed by atoms with Crippen molar-refractivity contribution in [2.45, 2.75) is 6.92 Å². The van der Waals surface area contributed by atoms with Gasteiger partial charge in [0.1, 0.15) is 5.52 Å². The van der Waals surface area contributed by atoms with Gasteiger partial charge in [-0.2, -0.15) is 5.48 Å². The molecule has 1 aromatic heterocycles. The van der Waals surface area contributed by atoms with Crippen LogP contribution in [0.3, 0.4) is 0 Å². The van der Waals surface area contributed by atoms with Crippen molar-refractivity contribution >= 4 is 16.9 Å². The van der Waals surface area contributed by atoms with Crippen LogP contribution in [0.25, 0.3) is 22.4 Å². The van der Waals surface area contributed by atoms with Crippen LogP contribution in [0.15, 0.2) is 54.6 Å².